The van der Waals surface area contributed by atoms with E-state index in [9.17, 15) is 18.3 Å². The lowest BCUT2D eigenvalue weighted by Crippen LogP contribution is -2.44. The second-order valence-corrected chi connectivity index (χ2v) is 10.5. The van der Waals surface area contributed by atoms with Crippen molar-refractivity contribution in [3.05, 3.63) is 77.6 Å². The Balaban J connectivity index is 1.28. The van der Waals surface area contributed by atoms with Gasteiger partial charge in [-0.1, -0.05) is 6.07 Å². The van der Waals surface area contributed by atoms with Crippen molar-refractivity contribution >= 4 is 44.2 Å². The van der Waals surface area contributed by atoms with Crippen molar-refractivity contribution in [2.24, 2.45) is 0 Å². The molecule has 0 spiro atoms. The molecule has 174 valence electrons. The summed E-state index contributed by atoms with van der Waals surface area (Å²) in [4.78, 5) is 23.8. The highest BCUT2D eigenvalue weighted by Crippen LogP contribution is 2.35. The highest BCUT2D eigenvalue weighted by molar-refractivity contribution is 7.93. The molecule has 1 aliphatic rings. The number of nitrogens with zero attached hydrogens (tertiary/aromatic N) is 4. The Bertz CT molecular complexity index is 1430. The largest absolute Gasteiger partial charge is 0.384 e. The number of likely N-dealkylation sites (tertiary alicyclic amines) is 1. The molecular formula is C23H21N5O4S2. The van der Waals surface area contributed by atoms with Crippen LogP contribution in [0.2, 0.25) is 0 Å². The van der Waals surface area contributed by atoms with E-state index in [1.165, 1.54) is 30.0 Å². The van der Waals surface area contributed by atoms with E-state index in [4.69, 9.17) is 0 Å². The first-order chi connectivity index (χ1) is 16.4. The standard InChI is InChI=1S/C23H21N5O4S2/c29-22(28-14-9-23(30,10-15-28)20-8-11-26-33-20)16-4-6-17(7-5-16)27-34(31,32)19-3-1-2-18-21(19)25-13-12-24-18/h1-8,11-13,27,30H,9-10,14-15H2. The van der Waals surface area contributed by atoms with E-state index in [2.05, 4.69) is 19.1 Å². The summed E-state index contributed by atoms with van der Waals surface area (Å²) in [5, 5.41) is 10.9. The van der Waals surface area contributed by atoms with Crippen LogP contribution in [-0.4, -0.2) is 51.8 Å². The molecule has 9 nitrogen and oxygen atoms in total. The molecule has 2 N–H and O–H groups in total. The predicted molar refractivity (Wildman–Crippen MR) is 128 cm³/mol. The van der Waals surface area contributed by atoms with E-state index in [1.807, 2.05) is 6.07 Å². The fraction of sp³-hybridized carbons (Fsp3) is 0.217. The zero-order chi connectivity index (χ0) is 23.8. The number of benzene rings is 2. The van der Waals surface area contributed by atoms with E-state index in [-0.39, 0.29) is 16.3 Å². The number of rotatable bonds is 5. The molecule has 0 radical (unpaired) electrons. The van der Waals surface area contributed by atoms with Crippen LogP contribution < -0.4 is 4.72 Å². The van der Waals surface area contributed by atoms with Crippen molar-refractivity contribution in [2.45, 2.75) is 23.3 Å². The van der Waals surface area contributed by atoms with Crippen molar-refractivity contribution in [3.8, 4) is 0 Å². The second kappa shape index (κ2) is 8.75. The van der Waals surface area contributed by atoms with E-state index in [0.29, 0.717) is 42.7 Å². The van der Waals surface area contributed by atoms with Crippen LogP contribution in [0.25, 0.3) is 11.0 Å². The molecule has 4 aromatic rings. The van der Waals surface area contributed by atoms with E-state index < -0.39 is 15.6 Å². The Labute approximate surface area is 200 Å². The predicted octanol–water partition coefficient (Wildman–Crippen LogP) is 3.01. The smallest absolute Gasteiger partial charge is 0.264 e. The Morgan fingerprint density at radius 2 is 1.74 bits per heavy atom. The maximum absolute atomic E-state index is 13.0. The molecule has 5 rings (SSSR count). The van der Waals surface area contributed by atoms with Crippen LogP contribution in [0.3, 0.4) is 0 Å². The number of aliphatic hydroxyl groups is 1. The molecule has 1 amide bonds. The summed E-state index contributed by atoms with van der Waals surface area (Å²) in [5.74, 6) is -0.162. The van der Waals surface area contributed by atoms with Gasteiger partial charge in [0.05, 0.1) is 10.4 Å². The molecule has 11 heteroatoms. The van der Waals surface area contributed by atoms with Gasteiger partial charge in [0.15, 0.2) is 0 Å². The number of para-hydroxylation sites is 1. The molecule has 34 heavy (non-hydrogen) atoms. The van der Waals surface area contributed by atoms with Crippen LogP contribution in [0.5, 0.6) is 0 Å². The summed E-state index contributed by atoms with van der Waals surface area (Å²) in [6.45, 7) is 0.841. The number of hydrogen-bond acceptors (Lipinski definition) is 8. The second-order valence-electron chi connectivity index (χ2n) is 8.06. The molecule has 1 aliphatic heterocycles. The lowest BCUT2D eigenvalue weighted by atomic mass is 9.89. The summed E-state index contributed by atoms with van der Waals surface area (Å²) in [6.07, 6.45) is 5.49. The van der Waals surface area contributed by atoms with Gasteiger partial charge in [0, 0.05) is 42.9 Å². The summed E-state index contributed by atoms with van der Waals surface area (Å²) in [6, 6.07) is 12.9. The van der Waals surface area contributed by atoms with E-state index >= 15 is 0 Å². The average Bonchev–Trinajstić information content (AvgIpc) is 3.40. The van der Waals surface area contributed by atoms with Crippen LogP contribution in [0.4, 0.5) is 5.69 Å². The fourth-order valence-electron chi connectivity index (χ4n) is 4.04. The first-order valence-corrected chi connectivity index (χ1v) is 12.9. The van der Waals surface area contributed by atoms with E-state index in [0.717, 1.165) is 4.88 Å². The van der Waals surface area contributed by atoms with Crippen molar-refractivity contribution in [1.82, 2.24) is 19.2 Å². The van der Waals surface area contributed by atoms with Crippen LogP contribution in [-0.2, 0) is 15.6 Å². The first-order valence-electron chi connectivity index (χ1n) is 10.6. The zero-order valence-electron chi connectivity index (χ0n) is 18.0. The third-order valence-electron chi connectivity index (χ3n) is 5.91. The molecule has 2 aromatic carbocycles. The number of sulfonamides is 1. The highest BCUT2D eigenvalue weighted by Gasteiger charge is 2.36. The van der Waals surface area contributed by atoms with Crippen LogP contribution in [0.15, 0.2) is 72.0 Å². The highest BCUT2D eigenvalue weighted by atomic mass is 32.2. The third-order valence-corrected chi connectivity index (χ3v) is 8.26. The topological polar surface area (TPSA) is 125 Å². The lowest BCUT2D eigenvalue weighted by Gasteiger charge is -2.37. The monoisotopic (exact) mass is 495 g/mol. The minimum atomic E-state index is -3.91. The van der Waals surface area contributed by atoms with Gasteiger partial charge in [0.25, 0.3) is 15.9 Å². The Hall–Kier alpha value is -3.41. The molecule has 2 aromatic heterocycles. The third kappa shape index (κ3) is 4.25. The molecule has 1 fully saturated rings. The van der Waals surface area contributed by atoms with Gasteiger partial charge in [0.2, 0.25) is 0 Å². The van der Waals surface area contributed by atoms with Crippen molar-refractivity contribution < 1.29 is 18.3 Å². The molecule has 0 unspecified atom stereocenters. The molecule has 0 saturated carbocycles. The normalized spacial score (nSPS) is 15.9. The van der Waals surface area contributed by atoms with Gasteiger partial charge < -0.3 is 10.0 Å². The molecule has 0 aliphatic carbocycles. The summed E-state index contributed by atoms with van der Waals surface area (Å²) < 4.78 is 32.5. The molecule has 3 heterocycles. The van der Waals surface area contributed by atoms with Crippen LogP contribution >= 0.6 is 11.5 Å². The summed E-state index contributed by atoms with van der Waals surface area (Å²) in [5.41, 5.74) is 0.590. The SMILES string of the molecule is O=C(c1ccc(NS(=O)(=O)c2cccc3nccnc23)cc1)N1CCC(O)(c2ccns2)CC1. The van der Waals surface area contributed by atoms with Gasteiger partial charge >= 0.3 is 0 Å². The number of piperidine rings is 1. The first kappa shape index (κ1) is 22.4. The summed E-state index contributed by atoms with van der Waals surface area (Å²) in [7, 11) is -3.91. The number of fused-ring (bicyclic) bond motifs is 1. The number of carbonyl (C=O) groups excluding carboxylic acids is 1. The molecule has 1 saturated heterocycles. The van der Waals surface area contributed by atoms with E-state index in [1.54, 1.807) is 47.5 Å². The Morgan fingerprint density at radius 1 is 1.00 bits per heavy atom. The van der Waals surface area contributed by atoms with Gasteiger partial charge in [-0.15, -0.1) is 0 Å². The van der Waals surface area contributed by atoms with Crippen molar-refractivity contribution in [1.29, 1.82) is 0 Å². The number of aromatic nitrogens is 3. The molecule has 0 bridgehead atoms. The maximum Gasteiger partial charge on any atom is 0.264 e. The maximum atomic E-state index is 13.0. The Morgan fingerprint density at radius 3 is 2.44 bits per heavy atom. The lowest BCUT2D eigenvalue weighted by molar-refractivity contribution is -0.0183. The number of carbonyl (C=O) groups is 1. The van der Waals surface area contributed by atoms with Gasteiger partial charge in [-0.05, 0) is 66.8 Å². The minimum absolute atomic E-state index is 0.0278. The van der Waals surface area contributed by atoms with Gasteiger partial charge in [0.1, 0.15) is 16.0 Å². The molecular weight excluding hydrogens is 474 g/mol. The minimum Gasteiger partial charge on any atom is -0.384 e. The fourth-order valence-corrected chi connectivity index (χ4v) is 6.00. The Kier molecular flexibility index (Phi) is 5.76. The van der Waals surface area contributed by atoms with Crippen LogP contribution in [0, 0.1) is 0 Å². The van der Waals surface area contributed by atoms with Crippen LogP contribution in [0.1, 0.15) is 28.1 Å². The van der Waals surface area contributed by atoms with Gasteiger partial charge in [-0.25, -0.2) is 12.8 Å². The average molecular weight is 496 g/mol. The number of nitrogens with one attached hydrogen (secondary N) is 1. The van der Waals surface area contributed by atoms with Gasteiger partial charge in [-0.2, -0.15) is 0 Å². The van der Waals surface area contributed by atoms with Gasteiger partial charge in [-0.3, -0.25) is 19.5 Å². The zero-order valence-corrected chi connectivity index (χ0v) is 19.6. The van der Waals surface area contributed by atoms with Crippen molar-refractivity contribution in [2.75, 3.05) is 17.8 Å². The number of hydrogen-bond donors (Lipinski definition) is 2. The molecule has 0 atom stereocenters. The quantitative estimate of drug-likeness (QED) is 0.436. The summed E-state index contributed by atoms with van der Waals surface area (Å²) >= 11 is 1.27. The number of anilines is 1. The van der Waals surface area contributed by atoms with Crippen molar-refractivity contribution in [3.63, 3.8) is 0 Å². The number of amides is 1.